The summed E-state index contributed by atoms with van der Waals surface area (Å²) in [6.45, 7) is 1.16. The number of nitrogens with one attached hydrogen (secondary N) is 1. The van der Waals surface area contributed by atoms with Gasteiger partial charge in [0.25, 0.3) is 0 Å². The molecular formula is C23H22F2N6O. The molecule has 0 aliphatic carbocycles. The van der Waals surface area contributed by atoms with Crippen molar-refractivity contribution >= 4 is 17.6 Å². The third-order valence-corrected chi connectivity index (χ3v) is 5.50. The molecule has 1 fully saturated rings. The highest BCUT2D eigenvalue weighted by Gasteiger charge is 2.39. The van der Waals surface area contributed by atoms with Crippen LogP contribution in [0.15, 0.2) is 58.6 Å². The van der Waals surface area contributed by atoms with Crippen LogP contribution in [-0.4, -0.2) is 53.2 Å². The highest BCUT2D eigenvalue weighted by atomic mass is 19.1. The number of hydrazone groups is 1. The third kappa shape index (κ3) is 4.59. The van der Waals surface area contributed by atoms with Gasteiger partial charge in [-0.25, -0.2) is 13.8 Å². The lowest BCUT2D eigenvalue weighted by molar-refractivity contribution is -0.128. The van der Waals surface area contributed by atoms with E-state index in [-0.39, 0.29) is 24.0 Å². The van der Waals surface area contributed by atoms with Crippen molar-refractivity contribution in [2.24, 2.45) is 10.1 Å². The molecule has 1 saturated heterocycles. The number of likely N-dealkylation sites (tertiary alicyclic amines) is 1. The summed E-state index contributed by atoms with van der Waals surface area (Å²) in [5, 5.41) is 17.7. The molecule has 2 aromatic carbocycles. The summed E-state index contributed by atoms with van der Waals surface area (Å²) in [4.78, 5) is 18.6. The first kappa shape index (κ1) is 21.4. The van der Waals surface area contributed by atoms with Crippen LogP contribution < -0.4 is 5.32 Å². The van der Waals surface area contributed by atoms with Crippen molar-refractivity contribution in [1.29, 1.82) is 5.26 Å². The van der Waals surface area contributed by atoms with Gasteiger partial charge in [0.2, 0.25) is 11.9 Å². The second kappa shape index (κ2) is 9.56. The van der Waals surface area contributed by atoms with E-state index in [0.717, 1.165) is 17.7 Å². The Hall–Kier alpha value is -3.80. The first-order valence-electron chi connectivity index (χ1n) is 10.4. The topological polar surface area (TPSA) is 84.1 Å². The molecule has 0 spiro atoms. The Kier molecular flexibility index (Phi) is 6.40. The molecule has 7 nitrogen and oxygen atoms in total. The third-order valence-electron chi connectivity index (χ3n) is 5.50. The Bertz CT molecular complexity index is 1100. The lowest BCUT2D eigenvalue weighted by Gasteiger charge is -2.25. The monoisotopic (exact) mass is 436 g/mol. The van der Waals surface area contributed by atoms with Crippen LogP contribution in [0, 0.1) is 23.1 Å². The number of halogens is 2. The van der Waals surface area contributed by atoms with Crippen LogP contribution in [0.4, 0.5) is 8.78 Å². The van der Waals surface area contributed by atoms with Gasteiger partial charge in [0.15, 0.2) is 6.19 Å². The van der Waals surface area contributed by atoms with Gasteiger partial charge in [0.05, 0.1) is 18.3 Å². The minimum atomic E-state index is -0.752. The number of aliphatic imine (C=N–C) groups is 1. The lowest BCUT2D eigenvalue weighted by Crippen LogP contribution is -2.46. The smallest absolute Gasteiger partial charge is 0.228 e. The fraction of sp³-hybridized carbons (Fsp3) is 0.304. The number of carbonyl (C=O) groups excluding carboxylic acids is 1. The van der Waals surface area contributed by atoms with Crippen LogP contribution >= 0.6 is 0 Å². The molecule has 2 aliphatic heterocycles. The molecule has 0 radical (unpaired) electrons. The van der Waals surface area contributed by atoms with Gasteiger partial charge in [-0.1, -0.05) is 30.3 Å². The van der Waals surface area contributed by atoms with Gasteiger partial charge in [0.1, 0.15) is 11.6 Å². The molecule has 1 unspecified atom stereocenters. The highest BCUT2D eigenvalue weighted by molar-refractivity contribution is 6.08. The number of carbonyl (C=O) groups is 1. The average Bonchev–Trinajstić information content (AvgIpc) is 3.40. The summed E-state index contributed by atoms with van der Waals surface area (Å²) >= 11 is 0. The summed E-state index contributed by atoms with van der Waals surface area (Å²) in [5.74, 6) is -1.26. The first-order valence-corrected chi connectivity index (χ1v) is 10.4. The normalized spacial score (nSPS) is 18.7. The quantitative estimate of drug-likeness (QED) is 0.338. The van der Waals surface area contributed by atoms with Gasteiger partial charge in [-0.15, -0.1) is 0 Å². The molecule has 164 valence electrons. The molecule has 2 aliphatic rings. The summed E-state index contributed by atoms with van der Waals surface area (Å²) in [5.41, 5.74) is 1.54. The van der Waals surface area contributed by atoms with Gasteiger partial charge in [0, 0.05) is 31.1 Å². The number of hydrogen-bond donors (Lipinski definition) is 1. The predicted molar refractivity (Wildman–Crippen MR) is 116 cm³/mol. The van der Waals surface area contributed by atoms with Crippen molar-refractivity contribution in [3.05, 3.63) is 71.3 Å². The van der Waals surface area contributed by atoms with Gasteiger partial charge in [-0.3, -0.25) is 15.1 Å². The van der Waals surface area contributed by atoms with Gasteiger partial charge in [-0.05, 0) is 30.5 Å². The number of guanidine groups is 1. The van der Waals surface area contributed by atoms with E-state index in [1.54, 1.807) is 4.90 Å². The molecule has 2 aromatic rings. The van der Waals surface area contributed by atoms with Crippen LogP contribution in [0.2, 0.25) is 0 Å². The summed E-state index contributed by atoms with van der Waals surface area (Å²) < 4.78 is 28.0. The molecular weight excluding hydrogens is 414 g/mol. The predicted octanol–water partition coefficient (Wildman–Crippen LogP) is 2.64. The van der Waals surface area contributed by atoms with E-state index in [0.29, 0.717) is 38.1 Å². The van der Waals surface area contributed by atoms with Crippen LogP contribution in [0.5, 0.6) is 0 Å². The van der Waals surface area contributed by atoms with E-state index in [4.69, 9.17) is 0 Å². The number of nitrogens with zero attached hydrogens (tertiary/aromatic N) is 5. The number of benzene rings is 2. The van der Waals surface area contributed by atoms with Crippen LogP contribution in [-0.2, 0) is 11.2 Å². The van der Waals surface area contributed by atoms with Gasteiger partial charge < -0.3 is 4.90 Å². The zero-order chi connectivity index (χ0) is 22.5. The van der Waals surface area contributed by atoms with E-state index in [1.165, 1.54) is 11.1 Å². The van der Waals surface area contributed by atoms with E-state index >= 15 is 0 Å². The largest absolute Gasteiger partial charge is 0.332 e. The van der Waals surface area contributed by atoms with E-state index in [9.17, 15) is 18.8 Å². The Morgan fingerprint density at radius 1 is 1.25 bits per heavy atom. The molecule has 1 amide bonds. The minimum Gasteiger partial charge on any atom is -0.332 e. The molecule has 2 heterocycles. The molecule has 9 heteroatoms. The Balaban J connectivity index is 1.62. The van der Waals surface area contributed by atoms with Crippen LogP contribution in [0.25, 0.3) is 0 Å². The fourth-order valence-electron chi connectivity index (χ4n) is 3.97. The molecule has 0 aromatic heterocycles. The van der Waals surface area contributed by atoms with Crippen LogP contribution in [0.3, 0.4) is 0 Å². The maximum atomic E-state index is 14.6. The Morgan fingerprint density at radius 2 is 2.06 bits per heavy atom. The van der Waals surface area contributed by atoms with Crippen molar-refractivity contribution in [3.63, 3.8) is 0 Å². The summed E-state index contributed by atoms with van der Waals surface area (Å²) in [6.07, 6.45) is 3.67. The van der Waals surface area contributed by atoms with Crippen molar-refractivity contribution in [2.75, 3.05) is 19.6 Å². The molecule has 0 bridgehead atoms. The Labute approximate surface area is 184 Å². The highest BCUT2D eigenvalue weighted by Crippen LogP contribution is 2.25. The molecule has 1 atom stereocenters. The Morgan fingerprint density at radius 3 is 2.75 bits per heavy atom. The molecule has 4 rings (SSSR count). The first-order chi connectivity index (χ1) is 15.6. The zero-order valence-electron chi connectivity index (χ0n) is 17.3. The molecule has 32 heavy (non-hydrogen) atoms. The second-order valence-electron chi connectivity index (χ2n) is 7.58. The van der Waals surface area contributed by atoms with Crippen molar-refractivity contribution in [2.45, 2.75) is 25.3 Å². The van der Waals surface area contributed by atoms with Crippen LogP contribution in [0.1, 0.15) is 24.0 Å². The zero-order valence-corrected chi connectivity index (χ0v) is 17.3. The van der Waals surface area contributed by atoms with E-state index in [1.807, 2.05) is 36.5 Å². The maximum absolute atomic E-state index is 14.6. The number of hydrogen-bond acceptors (Lipinski definition) is 4. The van der Waals surface area contributed by atoms with Gasteiger partial charge >= 0.3 is 0 Å². The maximum Gasteiger partial charge on any atom is 0.228 e. The van der Waals surface area contributed by atoms with Crippen molar-refractivity contribution < 1.29 is 13.6 Å². The van der Waals surface area contributed by atoms with E-state index in [2.05, 4.69) is 15.4 Å². The molecule has 0 saturated carbocycles. The number of amides is 1. The van der Waals surface area contributed by atoms with Crippen molar-refractivity contribution in [1.82, 2.24) is 15.2 Å². The fourth-order valence-corrected chi connectivity index (χ4v) is 3.97. The SMILES string of the molecule is N#CNC(=NCCc1ccccc1)N1CC(N2CCCC2=O)C(c2ccc(F)cc2F)=N1. The average molecular weight is 436 g/mol. The second-order valence-corrected chi connectivity index (χ2v) is 7.58. The van der Waals surface area contributed by atoms with Crippen molar-refractivity contribution in [3.8, 4) is 6.19 Å². The summed E-state index contributed by atoms with van der Waals surface area (Å²) in [7, 11) is 0. The van der Waals surface area contributed by atoms with E-state index < -0.39 is 17.7 Å². The lowest BCUT2D eigenvalue weighted by atomic mass is 10.0. The minimum absolute atomic E-state index is 0.0390. The number of rotatable bonds is 5. The molecule has 1 N–H and O–H groups in total. The number of nitriles is 1. The van der Waals surface area contributed by atoms with Gasteiger partial charge in [-0.2, -0.15) is 10.4 Å². The summed E-state index contributed by atoms with van der Waals surface area (Å²) in [6, 6.07) is 12.6. The standard InChI is InChI=1S/C23H22F2N6O/c24-17-8-9-18(19(25)13-17)22-20(30-12-4-7-21(30)32)14-31(29-22)23(28-15-26)27-11-10-16-5-2-1-3-6-16/h1-3,5-6,8-9,13,20H,4,7,10-12,14H2,(H,27,28).